The van der Waals surface area contributed by atoms with Crippen LogP contribution in [0.2, 0.25) is 10.3 Å². The SMILES string of the molecule is COC(C)(OC)c1ccccc1.Clc1nccn2c(-c3ccccc3)nnc12.NNc1nccnc1Cl. The molecule has 0 amide bonds. The molecule has 37 heavy (non-hydrogen) atoms. The highest BCUT2D eigenvalue weighted by Crippen LogP contribution is 2.24. The van der Waals surface area contributed by atoms with Crippen molar-refractivity contribution >= 4 is 34.7 Å². The summed E-state index contributed by atoms with van der Waals surface area (Å²) in [5.74, 6) is 5.54. The lowest BCUT2D eigenvalue weighted by molar-refractivity contribution is -0.201. The molecule has 3 N–H and O–H groups in total. The number of nitrogens with one attached hydrogen (secondary N) is 1. The highest BCUT2D eigenvalue weighted by molar-refractivity contribution is 6.32. The minimum Gasteiger partial charge on any atom is -0.349 e. The molecular weight excluding hydrogens is 515 g/mol. The van der Waals surface area contributed by atoms with Gasteiger partial charge in [0.1, 0.15) is 0 Å². The molecule has 0 aliphatic heterocycles. The summed E-state index contributed by atoms with van der Waals surface area (Å²) in [6.45, 7) is 1.89. The van der Waals surface area contributed by atoms with Crippen LogP contribution in [0.5, 0.6) is 0 Å². The van der Waals surface area contributed by atoms with Crippen molar-refractivity contribution < 1.29 is 9.47 Å². The molecule has 0 spiro atoms. The van der Waals surface area contributed by atoms with Crippen LogP contribution in [0.3, 0.4) is 0 Å². The molecule has 0 bridgehead atoms. The first-order valence-electron chi connectivity index (χ1n) is 10.9. The maximum atomic E-state index is 5.92. The van der Waals surface area contributed by atoms with Crippen LogP contribution in [-0.4, -0.2) is 43.8 Å². The fourth-order valence-corrected chi connectivity index (χ4v) is 3.40. The summed E-state index contributed by atoms with van der Waals surface area (Å²) in [6, 6.07) is 19.7. The van der Waals surface area contributed by atoms with E-state index in [0.717, 1.165) is 17.0 Å². The number of anilines is 1. The van der Waals surface area contributed by atoms with Crippen molar-refractivity contribution in [1.29, 1.82) is 0 Å². The summed E-state index contributed by atoms with van der Waals surface area (Å²) >= 11 is 11.4. The van der Waals surface area contributed by atoms with Gasteiger partial charge < -0.3 is 14.9 Å². The number of ether oxygens (including phenoxy) is 2. The van der Waals surface area contributed by atoms with Gasteiger partial charge in [-0.3, -0.25) is 4.40 Å². The van der Waals surface area contributed by atoms with Gasteiger partial charge in [-0.05, 0) is 6.92 Å². The Kier molecular flexibility index (Phi) is 10.2. The number of benzene rings is 2. The van der Waals surface area contributed by atoms with Gasteiger partial charge in [0.2, 0.25) is 0 Å². The number of halogens is 2. The molecule has 0 atom stereocenters. The molecule has 5 rings (SSSR count). The third kappa shape index (κ3) is 7.19. The molecule has 10 nitrogen and oxygen atoms in total. The second kappa shape index (κ2) is 13.6. The lowest BCUT2D eigenvalue weighted by Crippen LogP contribution is -2.26. The van der Waals surface area contributed by atoms with Crippen molar-refractivity contribution in [2.24, 2.45) is 5.84 Å². The maximum Gasteiger partial charge on any atom is 0.198 e. The Morgan fingerprint density at radius 3 is 1.97 bits per heavy atom. The second-order valence-corrected chi connectivity index (χ2v) is 8.08. The Morgan fingerprint density at radius 1 is 0.811 bits per heavy atom. The molecule has 192 valence electrons. The van der Waals surface area contributed by atoms with Crippen molar-refractivity contribution in [3.8, 4) is 11.4 Å². The van der Waals surface area contributed by atoms with Crippen LogP contribution in [0.15, 0.2) is 85.5 Å². The lowest BCUT2D eigenvalue weighted by atomic mass is 10.1. The van der Waals surface area contributed by atoms with Crippen molar-refractivity contribution in [2.45, 2.75) is 12.7 Å². The number of methoxy groups -OCH3 is 2. The normalized spacial score (nSPS) is 10.6. The van der Waals surface area contributed by atoms with Crippen molar-refractivity contribution in [3.63, 3.8) is 0 Å². The summed E-state index contributed by atoms with van der Waals surface area (Å²) < 4.78 is 12.3. The molecule has 5 aromatic rings. The van der Waals surface area contributed by atoms with Crippen LogP contribution < -0.4 is 11.3 Å². The smallest absolute Gasteiger partial charge is 0.198 e. The molecular formula is C25H26Cl2N8O2. The zero-order valence-corrected chi connectivity index (χ0v) is 21.9. The Balaban J connectivity index is 0.000000162. The summed E-state index contributed by atoms with van der Waals surface area (Å²) in [6.07, 6.45) is 6.42. The van der Waals surface area contributed by atoms with Gasteiger partial charge in [-0.15, -0.1) is 10.2 Å². The second-order valence-electron chi connectivity index (χ2n) is 7.36. The molecule has 3 heterocycles. The zero-order chi connectivity index (χ0) is 26.7. The first-order chi connectivity index (χ1) is 17.9. The number of hydrogen-bond donors (Lipinski definition) is 2. The topological polar surface area (TPSA) is 125 Å². The maximum absolute atomic E-state index is 5.92. The van der Waals surface area contributed by atoms with Crippen molar-refractivity contribution in [3.05, 3.63) is 101 Å². The number of fused-ring (bicyclic) bond motifs is 1. The number of nitrogens with two attached hydrogens (primary N) is 1. The van der Waals surface area contributed by atoms with Crippen molar-refractivity contribution in [2.75, 3.05) is 19.6 Å². The van der Waals surface area contributed by atoms with Crippen LogP contribution in [-0.2, 0) is 15.3 Å². The van der Waals surface area contributed by atoms with Gasteiger partial charge in [0.25, 0.3) is 0 Å². The van der Waals surface area contributed by atoms with Gasteiger partial charge in [-0.2, -0.15) is 0 Å². The summed E-state index contributed by atoms with van der Waals surface area (Å²) in [5.41, 5.74) is 4.88. The van der Waals surface area contributed by atoms with Gasteiger partial charge in [0, 0.05) is 50.1 Å². The van der Waals surface area contributed by atoms with Gasteiger partial charge in [0.15, 0.2) is 33.4 Å². The van der Waals surface area contributed by atoms with Crippen LogP contribution in [0, 0.1) is 0 Å². The van der Waals surface area contributed by atoms with Crippen molar-refractivity contribution in [1.82, 2.24) is 29.5 Å². The van der Waals surface area contributed by atoms with Gasteiger partial charge in [-0.1, -0.05) is 83.9 Å². The Morgan fingerprint density at radius 2 is 1.41 bits per heavy atom. The molecule has 3 aromatic heterocycles. The van der Waals surface area contributed by atoms with E-state index in [4.69, 9.17) is 38.5 Å². The largest absolute Gasteiger partial charge is 0.349 e. The van der Waals surface area contributed by atoms with E-state index < -0.39 is 5.79 Å². The van der Waals surface area contributed by atoms with E-state index >= 15 is 0 Å². The molecule has 2 aromatic carbocycles. The number of nitrogen functional groups attached to an aromatic ring is 1. The molecule has 0 saturated heterocycles. The van der Waals surface area contributed by atoms with E-state index in [1.54, 1.807) is 26.6 Å². The molecule has 12 heteroatoms. The molecule has 0 aliphatic rings. The first kappa shape index (κ1) is 27.9. The predicted molar refractivity (Wildman–Crippen MR) is 144 cm³/mol. The number of nitrogens with zero attached hydrogens (tertiary/aromatic N) is 6. The Hall–Kier alpha value is -3.67. The van der Waals surface area contributed by atoms with Gasteiger partial charge in [-0.25, -0.2) is 20.8 Å². The van der Waals surface area contributed by atoms with E-state index in [-0.39, 0.29) is 5.15 Å². The first-order valence-corrected chi connectivity index (χ1v) is 11.7. The van der Waals surface area contributed by atoms with E-state index in [2.05, 4.69) is 30.6 Å². The number of rotatable bonds is 5. The quantitative estimate of drug-likeness (QED) is 0.179. The average Bonchev–Trinajstić information content (AvgIpc) is 3.40. The summed E-state index contributed by atoms with van der Waals surface area (Å²) in [4.78, 5) is 11.4. The van der Waals surface area contributed by atoms with E-state index in [1.165, 1.54) is 12.4 Å². The minimum absolute atomic E-state index is 0.278. The summed E-state index contributed by atoms with van der Waals surface area (Å²) in [7, 11) is 3.27. The van der Waals surface area contributed by atoms with E-state index in [9.17, 15) is 0 Å². The van der Waals surface area contributed by atoms with Gasteiger partial charge >= 0.3 is 0 Å². The average molecular weight is 541 g/mol. The van der Waals surface area contributed by atoms with Crippen LogP contribution in [0.1, 0.15) is 12.5 Å². The highest BCUT2D eigenvalue weighted by Gasteiger charge is 2.24. The van der Waals surface area contributed by atoms with Gasteiger partial charge in [0.05, 0.1) is 0 Å². The van der Waals surface area contributed by atoms with E-state index in [0.29, 0.717) is 16.6 Å². The Labute approximate surface area is 224 Å². The molecule has 0 aliphatic carbocycles. The number of aromatic nitrogens is 6. The predicted octanol–water partition coefficient (Wildman–Crippen LogP) is 5.01. The number of hydrazine groups is 1. The molecule has 0 unspecified atom stereocenters. The fourth-order valence-electron chi connectivity index (χ4n) is 3.06. The molecule has 0 saturated carbocycles. The van der Waals surface area contributed by atoms with Crippen LogP contribution in [0.25, 0.3) is 17.0 Å². The highest BCUT2D eigenvalue weighted by atomic mass is 35.5. The van der Waals surface area contributed by atoms with Crippen LogP contribution >= 0.6 is 23.2 Å². The fraction of sp³-hybridized carbons (Fsp3) is 0.160. The summed E-state index contributed by atoms with van der Waals surface area (Å²) in [5, 5.41) is 8.76. The Bertz CT molecular complexity index is 1380. The molecule has 0 fully saturated rings. The van der Waals surface area contributed by atoms with E-state index in [1.807, 2.05) is 72.0 Å². The standard InChI is InChI=1S/C11H7ClN4.C10H14O2.C4H5ClN4/c12-9-11-15-14-10(16(11)7-6-13-9)8-4-2-1-3-5-8;1-10(11-2,12-3)9-7-5-4-6-8-9;5-3-4(9-6)8-2-1-7-3/h1-7H;4-8H,1-3H3;1-2H,6H2,(H,8,9). The molecule has 0 radical (unpaired) electrons. The minimum atomic E-state index is -0.624. The zero-order valence-electron chi connectivity index (χ0n) is 20.4. The number of hydrogen-bond acceptors (Lipinski definition) is 9. The monoisotopic (exact) mass is 540 g/mol. The third-order valence-electron chi connectivity index (χ3n) is 5.18. The van der Waals surface area contributed by atoms with Crippen LogP contribution in [0.4, 0.5) is 5.82 Å². The third-order valence-corrected chi connectivity index (χ3v) is 5.73. The lowest BCUT2D eigenvalue weighted by Gasteiger charge is -2.26.